The van der Waals surface area contributed by atoms with E-state index < -0.39 is 12.1 Å². The maximum atomic E-state index is 12.5. The lowest BCUT2D eigenvalue weighted by molar-refractivity contribution is -0.162. The smallest absolute Gasteiger partial charge is 0.249 e. The molecule has 6 nitrogen and oxygen atoms in total. The first kappa shape index (κ1) is 22.0. The molecule has 3 rings (SSSR count). The Hall–Kier alpha value is -2.70. The zero-order valence-electron chi connectivity index (χ0n) is 17.6. The van der Waals surface area contributed by atoms with Crippen molar-refractivity contribution in [3.05, 3.63) is 65.7 Å². The van der Waals surface area contributed by atoms with Crippen LogP contribution in [-0.2, 0) is 20.9 Å². The van der Waals surface area contributed by atoms with Crippen LogP contribution in [0.15, 0.2) is 54.6 Å². The molecule has 2 amide bonds. The number of nitrogens with one attached hydrogen (secondary N) is 1. The summed E-state index contributed by atoms with van der Waals surface area (Å²) in [5.41, 5.74) is 2.59. The van der Waals surface area contributed by atoms with Gasteiger partial charge in [0.05, 0.1) is 12.6 Å². The molecule has 1 aliphatic heterocycles. The van der Waals surface area contributed by atoms with Gasteiger partial charge in [0.1, 0.15) is 12.7 Å². The number of aliphatic hydroxyl groups excluding tert-OH is 1. The molecular weight excluding hydrogens is 380 g/mol. The van der Waals surface area contributed by atoms with E-state index >= 15 is 0 Å². The van der Waals surface area contributed by atoms with E-state index in [1.165, 1.54) is 0 Å². The molecule has 2 aromatic carbocycles. The van der Waals surface area contributed by atoms with Crippen molar-refractivity contribution in [2.45, 2.75) is 45.4 Å². The largest absolute Gasteiger partial charge is 0.394 e. The Bertz CT molecular complexity index is 834. The van der Waals surface area contributed by atoms with Gasteiger partial charge >= 0.3 is 0 Å². The van der Waals surface area contributed by atoms with Gasteiger partial charge in [0.2, 0.25) is 11.8 Å². The molecule has 1 fully saturated rings. The topological polar surface area (TPSA) is 78.9 Å². The number of anilines is 1. The van der Waals surface area contributed by atoms with Crippen molar-refractivity contribution in [1.82, 2.24) is 4.90 Å². The first-order valence-electron chi connectivity index (χ1n) is 10.5. The van der Waals surface area contributed by atoms with Crippen molar-refractivity contribution >= 4 is 17.5 Å². The van der Waals surface area contributed by atoms with Gasteiger partial charge in [0.15, 0.2) is 0 Å². The van der Waals surface area contributed by atoms with E-state index in [4.69, 9.17) is 4.74 Å². The van der Waals surface area contributed by atoms with Crippen molar-refractivity contribution < 1.29 is 19.4 Å². The number of hydrogen-bond acceptors (Lipinski definition) is 4. The van der Waals surface area contributed by atoms with Gasteiger partial charge in [-0.05, 0) is 36.1 Å². The Morgan fingerprint density at radius 2 is 1.80 bits per heavy atom. The predicted octanol–water partition coefficient (Wildman–Crippen LogP) is 3.52. The second-order valence-electron chi connectivity index (χ2n) is 7.61. The van der Waals surface area contributed by atoms with Crippen LogP contribution in [0.1, 0.15) is 43.9 Å². The van der Waals surface area contributed by atoms with Crippen LogP contribution in [0.3, 0.4) is 0 Å². The Kier molecular flexibility index (Phi) is 7.60. The summed E-state index contributed by atoms with van der Waals surface area (Å²) in [4.78, 5) is 26.5. The summed E-state index contributed by atoms with van der Waals surface area (Å²) >= 11 is 0. The van der Waals surface area contributed by atoms with Gasteiger partial charge in [-0.15, -0.1) is 0 Å². The third-order valence-corrected chi connectivity index (χ3v) is 5.70. The van der Waals surface area contributed by atoms with E-state index in [0.717, 1.165) is 29.7 Å². The highest BCUT2D eigenvalue weighted by Crippen LogP contribution is 2.31. The lowest BCUT2D eigenvalue weighted by atomic mass is 9.98. The Balaban J connectivity index is 1.74. The lowest BCUT2D eigenvalue weighted by Crippen LogP contribution is -2.52. The van der Waals surface area contributed by atoms with Crippen LogP contribution in [0.25, 0.3) is 0 Å². The number of nitrogens with zero attached hydrogens (tertiary/aromatic N) is 1. The fourth-order valence-electron chi connectivity index (χ4n) is 3.86. The summed E-state index contributed by atoms with van der Waals surface area (Å²) in [6.07, 6.45) is 1.18. The van der Waals surface area contributed by atoms with Crippen LogP contribution < -0.4 is 5.32 Å². The Morgan fingerprint density at radius 1 is 1.13 bits per heavy atom. The minimum absolute atomic E-state index is 0.00248. The molecule has 0 saturated carbocycles. The molecule has 2 atom stereocenters. The molecule has 0 aromatic heterocycles. The van der Waals surface area contributed by atoms with Gasteiger partial charge in [-0.25, -0.2) is 0 Å². The number of morpholine rings is 1. The van der Waals surface area contributed by atoms with E-state index in [9.17, 15) is 14.7 Å². The highest BCUT2D eigenvalue weighted by atomic mass is 16.5. The molecular formula is C24H30N2O4. The van der Waals surface area contributed by atoms with Crippen LogP contribution in [0.2, 0.25) is 0 Å². The summed E-state index contributed by atoms with van der Waals surface area (Å²) in [5.74, 6) is -0.111. The summed E-state index contributed by atoms with van der Waals surface area (Å²) in [6.45, 7) is 4.22. The number of benzene rings is 2. The van der Waals surface area contributed by atoms with Gasteiger partial charge in [-0.1, -0.05) is 56.3 Å². The monoisotopic (exact) mass is 410 g/mol. The molecule has 2 aromatic rings. The minimum Gasteiger partial charge on any atom is -0.394 e. The number of ether oxygens (including phenoxy) is 1. The Labute approximate surface area is 177 Å². The van der Waals surface area contributed by atoms with Crippen molar-refractivity contribution in [3.63, 3.8) is 0 Å². The summed E-state index contributed by atoms with van der Waals surface area (Å²) in [6, 6.07) is 16.7. The molecule has 160 valence electrons. The molecule has 0 aliphatic carbocycles. The number of amides is 2. The molecule has 2 unspecified atom stereocenters. The van der Waals surface area contributed by atoms with Crippen molar-refractivity contribution in [1.29, 1.82) is 0 Å². The van der Waals surface area contributed by atoms with Gasteiger partial charge in [-0.2, -0.15) is 0 Å². The Morgan fingerprint density at radius 3 is 2.40 bits per heavy atom. The lowest BCUT2D eigenvalue weighted by Gasteiger charge is -2.40. The SMILES string of the molecule is CCC(CC)C(=O)Nc1ccc(C2OCC(=O)N(Cc3ccccc3)C2CO)cc1. The van der Waals surface area contributed by atoms with Gasteiger partial charge in [0, 0.05) is 18.2 Å². The number of aliphatic hydroxyl groups is 1. The molecule has 1 saturated heterocycles. The highest BCUT2D eigenvalue weighted by molar-refractivity contribution is 5.92. The van der Waals surface area contributed by atoms with Crippen molar-refractivity contribution in [2.75, 3.05) is 18.5 Å². The summed E-state index contributed by atoms with van der Waals surface area (Å²) in [5, 5.41) is 13.0. The summed E-state index contributed by atoms with van der Waals surface area (Å²) < 4.78 is 5.80. The molecule has 1 aliphatic rings. The number of hydrogen-bond donors (Lipinski definition) is 2. The normalized spacial score (nSPS) is 19.2. The third kappa shape index (κ3) is 5.07. The van der Waals surface area contributed by atoms with E-state index in [1.54, 1.807) is 4.90 Å². The van der Waals surface area contributed by atoms with E-state index in [-0.39, 0.29) is 30.9 Å². The van der Waals surface area contributed by atoms with Gasteiger partial charge < -0.3 is 20.1 Å². The molecule has 0 radical (unpaired) electrons. The van der Waals surface area contributed by atoms with Crippen LogP contribution in [0.4, 0.5) is 5.69 Å². The van der Waals surface area contributed by atoms with Crippen LogP contribution in [0.5, 0.6) is 0 Å². The highest BCUT2D eigenvalue weighted by Gasteiger charge is 2.37. The average Bonchev–Trinajstić information content (AvgIpc) is 2.77. The van der Waals surface area contributed by atoms with Crippen LogP contribution in [0, 0.1) is 5.92 Å². The fourth-order valence-corrected chi connectivity index (χ4v) is 3.86. The fraction of sp³-hybridized carbons (Fsp3) is 0.417. The van der Waals surface area contributed by atoms with E-state index in [2.05, 4.69) is 5.32 Å². The van der Waals surface area contributed by atoms with Crippen molar-refractivity contribution in [3.8, 4) is 0 Å². The number of carbonyl (C=O) groups is 2. The first-order chi connectivity index (χ1) is 14.6. The quantitative estimate of drug-likeness (QED) is 0.698. The molecule has 0 bridgehead atoms. The second-order valence-corrected chi connectivity index (χ2v) is 7.61. The third-order valence-electron chi connectivity index (χ3n) is 5.70. The maximum absolute atomic E-state index is 12.5. The van der Waals surface area contributed by atoms with Gasteiger partial charge in [0.25, 0.3) is 0 Å². The number of rotatable bonds is 8. The molecule has 1 heterocycles. The van der Waals surface area contributed by atoms with E-state index in [1.807, 2.05) is 68.4 Å². The van der Waals surface area contributed by atoms with Gasteiger partial charge in [-0.3, -0.25) is 9.59 Å². The number of carbonyl (C=O) groups excluding carboxylic acids is 2. The van der Waals surface area contributed by atoms with Crippen molar-refractivity contribution in [2.24, 2.45) is 5.92 Å². The first-order valence-corrected chi connectivity index (χ1v) is 10.5. The maximum Gasteiger partial charge on any atom is 0.249 e. The molecule has 6 heteroatoms. The molecule has 2 N–H and O–H groups in total. The zero-order chi connectivity index (χ0) is 21.5. The van der Waals surface area contributed by atoms with E-state index in [0.29, 0.717) is 6.54 Å². The minimum atomic E-state index is -0.475. The van der Waals surface area contributed by atoms with Crippen LogP contribution >= 0.6 is 0 Å². The average molecular weight is 411 g/mol. The molecule has 30 heavy (non-hydrogen) atoms. The predicted molar refractivity (Wildman–Crippen MR) is 116 cm³/mol. The molecule has 0 spiro atoms. The standard InChI is InChI=1S/C24H30N2O4/c1-3-18(4-2)24(29)25-20-12-10-19(11-13-20)23-21(15-27)26(22(28)16-30-23)14-17-8-6-5-7-9-17/h5-13,18,21,23,27H,3-4,14-16H2,1-2H3,(H,25,29). The van der Waals surface area contributed by atoms with Crippen LogP contribution in [-0.4, -0.2) is 41.1 Å². The summed E-state index contributed by atoms with van der Waals surface area (Å²) in [7, 11) is 0. The zero-order valence-corrected chi connectivity index (χ0v) is 17.6. The second kappa shape index (κ2) is 10.4.